The van der Waals surface area contributed by atoms with Crippen molar-refractivity contribution in [3.63, 3.8) is 0 Å². The molecule has 6 heteroatoms. The lowest BCUT2D eigenvalue weighted by atomic mass is 10.1. The third-order valence-corrected chi connectivity index (χ3v) is 4.15. The highest BCUT2D eigenvalue weighted by atomic mass is 32.2. The highest BCUT2D eigenvalue weighted by Crippen LogP contribution is 2.28. The summed E-state index contributed by atoms with van der Waals surface area (Å²) in [5.41, 5.74) is 0.556. The highest BCUT2D eigenvalue weighted by Gasteiger charge is 2.11. The van der Waals surface area contributed by atoms with Crippen molar-refractivity contribution < 1.29 is 19.4 Å². The number of aliphatic hydroxyl groups excluding tert-OH is 1. The highest BCUT2D eigenvalue weighted by molar-refractivity contribution is 7.99. The van der Waals surface area contributed by atoms with Gasteiger partial charge in [-0.3, -0.25) is 4.79 Å². The van der Waals surface area contributed by atoms with E-state index in [1.165, 1.54) is 25.8 Å². The number of aromatic nitrogens is 1. The number of hydrogen-bond donors (Lipinski definition) is 1. The Hall–Kier alpha value is -2.05. The van der Waals surface area contributed by atoms with Crippen LogP contribution in [0.1, 0.15) is 17.3 Å². The van der Waals surface area contributed by atoms with Crippen LogP contribution in [0.3, 0.4) is 0 Å². The van der Waals surface area contributed by atoms with Crippen molar-refractivity contribution in [1.82, 2.24) is 4.98 Å². The average molecular weight is 333 g/mol. The molecule has 0 radical (unpaired) electrons. The SMILES string of the molecule is COc1cc(C(C)=O)ccc1OCC(O)CSc1ccccn1. The number of Topliss-reactive ketones (excluding diaryl/α,β-unsaturated/α-hetero) is 1. The number of rotatable bonds is 8. The first kappa shape index (κ1) is 17.3. The van der Waals surface area contributed by atoms with Crippen molar-refractivity contribution in [2.45, 2.75) is 18.1 Å². The van der Waals surface area contributed by atoms with E-state index in [2.05, 4.69) is 4.98 Å². The molecular formula is C17H19NO4S. The summed E-state index contributed by atoms with van der Waals surface area (Å²) in [7, 11) is 1.51. The standard InChI is InChI=1S/C17H19NO4S/c1-12(19)13-6-7-15(16(9-13)21-2)22-10-14(20)11-23-17-5-3-4-8-18-17/h3-9,14,20H,10-11H2,1-2H3. The van der Waals surface area contributed by atoms with E-state index in [-0.39, 0.29) is 12.4 Å². The summed E-state index contributed by atoms with van der Waals surface area (Å²) in [4.78, 5) is 15.5. The molecule has 2 aromatic rings. The molecule has 1 atom stereocenters. The molecule has 122 valence electrons. The van der Waals surface area contributed by atoms with E-state index in [1.807, 2.05) is 18.2 Å². The quantitative estimate of drug-likeness (QED) is 0.592. The van der Waals surface area contributed by atoms with Gasteiger partial charge in [0.25, 0.3) is 0 Å². The Kier molecular flexibility index (Phi) is 6.43. The number of hydrogen-bond acceptors (Lipinski definition) is 6. The van der Waals surface area contributed by atoms with Crippen LogP contribution in [0.2, 0.25) is 0 Å². The van der Waals surface area contributed by atoms with Crippen molar-refractivity contribution in [3.05, 3.63) is 48.2 Å². The molecule has 1 N–H and O–H groups in total. The van der Waals surface area contributed by atoms with E-state index in [0.29, 0.717) is 22.8 Å². The van der Waals surface area contributed by atoms with E-state index >= 15 is 0 Å². The number of nitrogens with zero attached hydrogens (tertiary/aromatic N) is 1. The second-order valence-electron chi connectivity index (χ2n) is 4.87. The van der Waals surface area contributed by atoms with Crippen LogP contribution >= 0.6 is 11.8 Å². The Morgan fingerprint density at radius 1 is 1.30 bits per heavy atom. The number of thioether (sulfide) groups is 1. The summed E-state index contributed by atoms with van der Waals surface area (Å²) < 4.78 is 10.8. The third kappa shape index (κ3) is 5.26. The molecule has 5 nitrogen and oxygen atoms in total. The number of ether oxygens (including phenoxy) is 2. The fourth-order valence-electron chi connectivity index (χ4n) is 1.85. The second-order valence-corrected chi connectivity index (χ2v) is 5.91. The van der Waals surface area contributed by atoms with Crippen LogP contribution in [0, 0.1) is 0 Å². The molecule has 23 heavy (non-hydrogen) atoms. The Labute approximate surface area is 139 Å². The lowest BCUT2D eigenvalue weighted by Crippen LogP contribution is -2.20. The van der Waals surface area contributed by atoms with Crippen molar-refractivity contribution in [3.8, 4) is 11.5 Å². The molecule has 1 unspecified atom stereocenters. The molecule has 0 fully saturated rings. The molecule has 0 aliphatic carbocycles. The lowest BCUT2D eigenvalue weighted by molar-refractivity contribution is 0.101. The van der Waals surface area contributed by atoms with Crippen LogP contribution in [-0.4, -0.2) is 41.4 Å². The maximum absolute atomic E-state index is 11.4. The van der Waals surface area contributed by atoms with Crippen LogP contribution < -0.4 is 9.47 Å². The van der Waals surface area contributed by atoms with Gasteiger partial charge in [-0.15, -0.1) is 11.8 Å². The summed E-state index contributed by atoms with van der Waals surface area (Å²) in [6, 6.07) is 10.6. The number of benzene rings is 1. The van der Waals surface area contributed by atoms with Crippen molar-refractivity contribution in [2.24, 2.45) is 0 Å². The molecule has 0 bridgehead atoms. The van der Waals surface area contributed by atoms with Crippen molar-refractivity contribution >= 4 is 17.5 Å². The van der Waals surface area contributed by atoms with Gasteiger partial charge in [0.2, 0.25) is 0 Å². The third-order valence-electron chi connectivity index (χ3n) is 3.06. The maximum Gasteiger partial charge on any atom is 0.161 e. The van der Waals surface area contributed by atoms with E-state index in [1.54, 1.807) is 24.4 Å². The van der Waals surface area contributed by atoms with Gasteiger partial charge in [-0.2, -0.15) is 0 Å². The Morgan fingerprint density at radius 2 is 2.13 bits per heavy atom. The predicted molar refractivity (Wildman–Crippen MR) is 89.5 cm³/mol. The topological polar surface area (TPSA) is 68.7 Å². The first-order valence-electron chi connectivity index (χ1n) is 7.14. The summed E-state index contributed by atoms with van der Waals surface area (Å²) >= 11 is 1.46. The molecule has 0 aliphatic heterocycles. The summed E-state index contributed by atoms with van der Waals surface area (Å²) in [5.74, 6) is 1.41. The molecule has 0 saturated carbocycles. The van der Waals surface area contributed by atoms with Gasteiger partial charge in [0.1, 0.15) is 6.61 Å². The van der Waals surface area contributed by atoms with Gasteiger partial charge in [-0.1, -0.05) is 6.07 Å². The second kappa shape index (κ2) is 8.55. The first-order valence-corrected chi connectivity index (χ1v) is 8.12. The molecule has 0 spiro atoms. The van der Waals surface area contributed by atoms with E-state index in [0.717, 1.165) is 5.03 Å². The Morgan fingerprint density at radius 3 is 2.78 bits per heavy atom. The van der Waals surface area contributed by atoms with Crippen LogP contribution in [-0.2, 0) is 0 Å². The summed E-state index contributed by atoms with van der Waals surface area (Å²) in [5, 5.41) is 10.9. The molecule has 0 saturated heterocycles. The Balaban J connectivity index is 1.88. The minimum Gasteiger partial charge on any atom is -0.493 e. The minimum absolute atomic E-state index is 0.0401. The minimum atomic E-state index is -0.640. The molecule has 1 aromatic heterocycles. The number of aliphatic hydroxyl groups is 1. The van der Waals surface area contributed by atoms with Crippen LogP contribution in [0.25, 0.3) is 0 Å². The zero-order valence-electron chi connectivity index (χ0n) is 13.1. The predicted octanol–water partition coefficient (Wildman–Crippen LogP) is 2.82. The number of carbonyl (C=O) groups is 1. The van der Waals surface area contributed by atoms with Gasteiger partial charge in [-0.25, -0.2) is 4.98 Å². The van der Waals surface area contributed by atoms with Crippen LogP contribution in [0.4, 0.5) is 0 Å². The van der Waals surface area contributed by atoms with E-state index in [4.69, 9.17) is 9.47 Å². The first-order chi connectivity index (χ1) is 11.1. The smallest absolute Gasteiger partial charge is 0.161 e. The molecule has 0 aliphatic rings. The van der Waals surface area contributed by atoms with Gasteiger partial charge in [0.05, 0.1) is 18.2 Å². The molecular weight excluding hydrogens is 314 g/mol. The van der Waals surface area contributed by atoms with Gasteiger partial charge in [0.15, 0.2) is 17.3 Å². The molecule has 1 heterocycles. The number of carbonyl (C=O) groups excluding carboxylic acids is 1. The maximum atomic E-state index is 11.4. The number of pyridine rings is 1. The zero-order chi connectivity index (χ0) is 16.7. The summed E-state index contributed by atoms with van der Waals surface area (Å²) in [6.07, 6.45) is 1.08. The average Bonchev–Trinajstić information content (AvgIpc) is 2.58. The number of ketones is 1. The largest absolute Gasteiger partial charge is 0.493 e. The van der Waals surface area contributed by atoms with Crippen molar-refractivity contribution in [2.75, 3.05) is 19.5 Å². The molecule has 0 amide bonds. The van der Waals surface area contributed by atoms with Crippen molar-refractivity contribution in [1.29, 1.82) is 0 Å². The van der Waals surface area contributed by atoms with E-state index < -0.39 is 6.10 Å². The van der Waals surface area contributed by atoms with Gasteiger partial charge in [0, 0.05) is 17.5 Å². The fourth-order valence-corrected chi connectivity index (χ4v) is 2.62. The molecule has 1 aromatic carbocycles. The van der Waals surface area contributed by atoms with Gasteiger partial charge in [-0.05, 0) is 37.3 Å². The lowest BCUT2D eigenvalue weighted by Gasteiger charge is -2.14. The fraction of sp³-hybridized carbons (Fsp3) is 0.294. The normalized spacial score (nSPS) is 11.8. The van der Waals surface area contributed by atoms with E-state index in [9.17, 15) is 9.90 Å². The zero-order valence-corrected chi connectivity index (χ0v) is 13.9. The van der Waals surface area contributed by atoms with Crippen LogP contribution in [0.5, 0.6) is 11.5 Å². The van der Waals surface area contributed by atoms with Gasteiger partial charge < -0.3 is 14.6 Å². The number of methoxy groups -OCH3 is 1. The Bertz CT molecular complexity index is 648. The summed E-state index contributed by atoms with van der Waals surface area (Å²) in [6.45, 7) is 1.63. The van der Waals surface area contributed by atoms with Crippen LogP contribution in [0.15, 0.2) is 47.6 Å². The monoisotopic (exact) mass is 333 g/mol. The molecule has 2 rings (SSSR count). The van der Waals surface area contributed by atoms with Gasteiger partial charge >= 0.3 is 0 Å².